The summed E-state index contributed by atoms with van der Waals surface area (Å²) in [5.41, 5.74) is 5.31. The van der Waals surface area contributed by atoms with Crippen molar-refractivity contribution < 1.29 is 4.79 Å². The maximum Gasteiger partial charge on any atom is 0.159 e. The fourth-order valence-electron chi connectivity index (χ4n) is 1.39. The van der Waals surface area contributed by atoms with Crippen molar-refractivity contribution in [2.45, 2.75) is 45.8 Å². The van der Waals surface area contributed by atoms with Gasteiger partial charge in [-0.25, -0.2) is 0 Å². The Kier molecular flexibility index (Phi) is 3.33. The molecule has 1 aliphatic carbocycles. The highest BCUT2D eigenvalue weighted by Gasteiger charge is 2.15. The molecule has 0 spiro atoms. The molecule has 2 heteroatoms. The first-order valence-electron chi connectivity index (χ1n) is 5.16. The molecule has 0 N–H and O–H groups in total. The van der Waals surface area contributed by atoms with Gasteiger partial charge in [-0.3, -0.25) is 4.79 Å². The number of carbonyl (C=O) groups excluding carboxylic acids is 1. The molecule has 0 saturated heterocycles. The van der Waals surface area contributed by atoms with Gasteiger partial charge in [0.05, 0.1) is 0 Å². The van der Waals surface area contributed by atoms with Gasteiger partial charge in [0.2, 0.25) is 0 Å². The normalized spacial score (nSPS) is 17.9. The molecule has 0 fully saturated rings. The van der Waals surface area contributed by atoms with Crippen LogP contribution in [0.25, 0.3) is 0 Å². The van der Waals surface area contributed by atoms with Crippen LogP contribution in [0.5, 0.6) is 0 Å². The van der Waals surface area contributed by atoms with Gasteiger partial charge in [0.1, 0.15) is 8.07 Å². The summed E-state index contributed by atoms with van der Waals surface area (Å²) in [6.07, 6.45) is 2.69. The summed E-state index contributed by atoms with van der Waals surface area (Å²) in [4.78, 5) is 11.4. The Hall–Kier alpha value is -0.813. The van der Waals surface area contributed by atoms with Crippen molar-refractivity contribution in [2.24, 2.45) is 0 Å². The molecule has 0 unspecified atom stereocenters. The SMILES string of the molecule is CC1=C(C#C[Si](C)(C)C)CCCC1=O. The predicted molar refractivity (Wildman–Crippen MR) is 62.7 cm³/mol. The zero-order valence-corrected chi connectivity index (χ0v) is 10.5. The molecule has 1 nitrogen and oxygen atoms in total. The lowest BCUT2D eigenvalue weighted by atomic mass is 9.92. The summed E-state index contributed by atoms with van der Waals surface area (Å²) in [6, 6.07) is 0. The number of ketones is 1. The maximum absolute atomic E-state index is 11.4. The summed E-state index contributed by atoms with van der Waals surface area (Å²) in [5.74, 6) is 3.50. The summed E-state index contributed by atoms with van der Waals surface area (Å²) in [6.45, 7) is 8.58. The van der Waals surface area contributed by atoms with Crippen molar-refractivity contribution in [1.82, 2.24) is 0 Å². The lowest BCUT2D eigenvalue weighted by Crippen LogP contribution is -2.17. The standard InChI is InChI=1S/C12H18OSi/c1-10-11(6-5-7-12(10)13)8-9-14(2,3)4/h5-7H2,1-4H3. The molecule has 0 heterocycles. The fraction of sp³-hybridized carbons (Fsp3) is 0.583. The van der Waals surface area contributed by atoms with Crippen molar-refractivity contribution in [1.29, 1.82) is 0 Å². The summed E-state index contributed by atoms with van der Waals surface area (Å²) >= 11 is 0. The molecule has 0 aliphatic heterocycles. The van der Waals surface area contributed by atoms with Crippen LogP contribution in [0, 0.1) is 11.5 Å². The van der Waals surface area contributed by atoms with Crippen molar-refractivity contribution in [3.8, 4) is 11.5 Å². The second-order valence-corrected chi connectivity index (χ2v) is 9.63. The minimum atomic E-state index is -1.30. The van der Waals surface area contributed by atoms with Gasteiger partial charge in [-0.15, -0.1) is 5.54 Å². The number of rotatable bonds is 0. The van der Waals surface area contributed by atoms with E-state index in [0.717, 1.165) is 24.0 Å². The van der Waals surface area contributed by atoms with Gasteiger partial charge in [0.25, 0.3) is 0 Å². The molecule has 0 saturated carbocycles. The molecule has 1 aliphatic rings. The van der Waals surface area contributed by atoms with E-state index in [-0.39, 0.29) is 5.78 Å². The molecule has 0 aromatic heterocycles. The molecule has 0 amide bonds. The average molecular weight is 206 g/mol. The Labute approximate surface area is 87.6 Å². The molecule has 0 radical (unpaired) electrons. The Bertz CT molecular complexity index is 334. The predicted octanol–water partition coefficient (Wildman–Crippen LogP) is 2.94. The zero-order valence-electron chi connectivity index (χ0n) is 9.53. The Morgan fingerprint density at radius 2 is 1.86 bits per heavy atom. The monoisotopic (exact) mass is 206 g/mol. The third-order valence-corrected chi connectivity index (χ3v) is 3.16. The highest BCUT2D eigenvalue weighted by molar-refractivity contribution is 6.83. The molecule has 0 atom stereocenters. The number of carbonyl (C=O) groups is 1. The number of hydrogen-bond donors (Lipinski definition) is 0. The first-order chi connectivity index (χ1) is 6.40. The first kappa shape index (κ1) is 11.3. The third-order valence-electron chi connectivity index (χ3n) is 2.29. The Balaban J connectivity index is 2.91. The number of allylic oxidation sites excluding steroid dienone is 2. The molecule has 1 rings (SSSR count). The van der Waals surface area contributed by atoms with Gasteiger partial charge in [-0.1, -0.05) is 25.6 Å². The van der Waals surface area contributed by atoms with Gasteiger partial charge in [0, 0.05) is 17.6 Å². The van der Waals surface area contributed by atoms with Crippen LogP contribution in [0.3, 0.4) is 0 Å². The molecule has 76 valence electrons. The van der Waals surface area contributed by atoms with Crippen LogP contribution in [-0.2, 0) is 4.79 Å². The van der Waals surface area contributed by atoms with E-state index in [4.69, 9.17) is 0 Å². The molecular formula is C12H18OSi. The van der Waals surface area contributed by atoms with E-state index in [0.29, 0.717) is 6.42 Å². The van der Waals surface area contributed by atoms with Gasteiger partial charge < -0.3 is 0 Å². The van der Waals surface area contributed by atoms with E-state index in [2.05, 4.69) is 31.1 Å². The smallest absolute Gasteiger partial charge is 0.159 e. The van der Waals surface area contributed by atoms with Crippen LogP contribution in [0.1, 0.15) is 26.2 Å². The minimum Gasteiger partial charge on any atom is -0.295 e. The van der Waals surface area contributed by atoms with Crippen LogP contribution in [-0.4, -0.2) is 13.9 Å². The minimum absolute atomic E-state index is 0.288. The van der Waals surface area contributed by atoms with E-state index in [1.54, 1.807) is 0 Å². The second kappa shape index (κ2) is 4.14. The molecule has 0 aromatic rings. The van der Waals surface area contributed by atoms with Crippen LogP contribution < -0.4 is 0 Å². The Morgan fingerprint density at radius 3 is 2.43 bits per heavy atom. The maximum atomic E-state index is 11.4. The van der Waals surface area contributed by atoms with Gasteiger partial charge in [-0.2, -0.15) is 0 Å². The fourth-order valence-corrected chi connectivity index (χ4v) is 1.91. The summed E-state index contributed by atoms with van der Waals surface area (Å²) in [5, 5.41) is 0. The van der Waals surface area contributed by atoms with E-state index in [1.807, 2.05) is 6.92 Å². The second-order valence-electron chi connectivity index (χ2n) is 4.88. The highest BCUT2D eigenvalue weighted by Crippen LogP contribution is 2.20. The van der Waals surface area contributed by atoms with E-state index in [9.17, 15) is 4.79 Å². The lowest BCUT2D eigenvalue weighted by molar-refractivity contribution is -0.116. The quantitative estimate of drug-likeness (QED) is 0.440. The first-order valence-corrected chi connectivity index (χ1v) is 8.66. The summed E-state index contributed by atoms with van der Waals surface area (Å²) < 4.78 is 0. The van der Waals surface area contributed by atoms with E-state index >= 15 is 0 Å². The summed E-state index contributed by atoms with van der Waals surface area (Å²) in [7, 11) is -1.30. The molecular weight excluding hydrogens is 188 g/mol. The lowest BCUT2D eigenvalue weighted by Gasteiger charge is -2.12. The molecule has 0 bridgehead atoms. The number of hydrogen-bond acceptors (Lipinski definition) is 1. The van der Waals surface area contributed by atoms with Crippen LogP contribution in [0.2, 0.25) is 19.6 Å². The molecule has 0 aromatic carbocycles. The van der Waals surface area contributed by atoms with Gasteiger partial charge >= 0.3 is 0 Å². The van der Waals surface area contributed by atoms with Crippen molar-refractivity contribution in [2.75, 3.05) is 0 Å². The van der Waals surface area contributed by atoms with Gasteiger partial charge in [0.15, 0.2) is 5.78 Å². The van der Waals surface area contributed by atoms with Crippen molar-refractivity contribution in [3.05, 3.63) is 11.1 Å². The van der Waals surface area contributed by atoms with Crippen molar-refractivity contribution in [3.63, 3.8) is 0 Å². The number of Topliss-reactive ketones (excluding diaryl/α,β-unsaturated/α-hetero) is 1. The average Bonchev–Trinajstić information content (AvgIpc) is 2.06. The topological polar surface area (TPSA) is 17.1 Å². The highest BCUT2D eigenvalue weighted by atomic mass is 28.3. The van der Waals surface area contributed by atoms with E-state index < -0.39 is 8.07 Å². The largest absolute Gasteiger partial charge is 0.295 e. The third kappa shape index (κ3) is 3.15. The van der Waals surface area contributed by atoms with E-state index in [1.165, 1.54) is 0 Å². The zero-order chi connectivity index (χ0) is 10.8. The van der Waals surface area contributed by atoms with Gasteiger partial charge in [-0.05, 0) is 19.8 Å². The van der Waals surface area contributed by atoms with Crippen LogP contribution in [0.15, 0.2) is 11.1 Å². The molecule has 14 heavy (non-hydrogen) atoms. The Morgan fingerprint density at radius 1 is 1.21 bits per heavy atom. The van der Waals surface area contributed by atoms with Crippen molar-refractivity contribution >= 4 is 13.9 Å². The van der Waals surface area contributed by atoms with Crippen LogP contribution >= 0.6 is 0 Å². The van der Waals surface area contributed by atoms with Crippen LogP contribution in [0.4, 0.5) is 0 Å².